The molecule has 210 valence electrons. The van der Waals surface area contributed by atoms with Crippen molar-refractivity contribution in [2.45, 2.75) is 68.0 Å². The summed E-state index contributed by atoms with van der Waals surface area (Å²) in [5.74, 6) is -4.83. The lowest BCUT2D eigenvalue weighted by atomic mass is 9.50. The van der Waals surface area contributed by atoms with Gasteiger partial charge in [0.1, 0.15) is 11.9 Å². The largest absolute Gasteiger partial charge is 0.504 e. The number of hydrogen-bond acceptors (Lipinski definition) is 12. The number of carboxylic acids is 1. The van der Waals surface area contributed by atoms with E-state index in [0.717, 1.165) is 12.5 Å². The van der Waals surface area contributed by atoms with Gasteiger partial charge in [-0.05, 0) is 51.1 Å². The van der Waals surface area contributed by atoms with Crippen molar-refractivity contribution < 1.29 is 58.6 Å². The quantitative estimate of drug-likeness (QED) is 0.241. The van der Waals surface area contributed by atoms with Gasteiger partial charge in [-0.2, -0.15) is 0 Å². The first-order valence-corrected chi connectivity index (χ1v) is 12.5. The van der Waals surface area contributed by atoms with Crippen molar-refractivity contribution in [2.75, 3.05) is 20.2 Å². The lowest BCUT2D eigenvalue weighted by Crippen LogP contribution is -2.74. The molecule has 6 atom stereocenters. The van der Waals surface area contributed by atoms with E-state index < -0.39 is 66.2 Å². The number of ether oxygens (including phenoxy) is 4. The number of piperidine rings is 1. The van der Waals surface area contributed by atoms with Gasteiger partial charge in [0.15, 0.2) is 24.2 Å². The van der Waals surface area contributed by atoms with E-state index >= 15 is 0 Å². The minimum Gasteiger partial charge on any atom is -0.504 e. The maximum atomic E-state index is 13.0. The van der Waals surface area contributed by atoms with E-state index in [9.17, 15) is 34.5 Å². The van der Waals surface area contributed by atoms with Crippen LogP contribution in [0.3, 0.4) is 0 Å². The number of aliphatic hydroxyl groups excluding tert-OH is 1. The Labute approximate surface area is 222 Å². The van der Waals surface area contributed by atoms with Crippen molar-refractivity contribution >= 4 is 23.9 Å². The lowest BCUT2D eigenvalue weighted by molar-refractivity contribution is -0.179. The molecule has 0 saturated carbocycles. The lowest BCUT2D eigenvalue weighted by Gasteiger charge is -2.61. The molecule has 4 N–H and O–H groups in total. The molecule has 0 unspecified atom stereocenters. The summed E-state index contributed by atoms with van der Waals surface area (Å²) < 4.78 is 21.2. The monoisotopic (exact) mass is 547 g/mol. The Bertz CT molecular complexity index is 1270. The van der Waals surface area contributed by atoms with E-state index in [1.807, 2.05) is 7.05 Å². The molecule has 0 radical (unpaired) electrons. The highest BCUT2D eigenvalue weighted by Gasteiger charge is 2.72. The number of likely N-dealkylation sites (N-methyl/N-ethyl adjacent to an activating group) is 1. The zero-order chi connectivity index (χ0) is 28.3. The number of rotatable bonds is 8. The molecule has 1 aromatic rings. The summed E-state index contributed by atoms with van der Waals surface area (Å²) in [6, 6.07) is 3.09. The van der Waals surface area contributed by atoms with Gasteiger partial charge in [-0.15, -0.1) is 0 Å². The molecule has 2 aliphatic heterocycles. The van der Waals surface area contributed by atoms with Gasteiger partial charge >= 0.3 is 23.9 Å². The molecule has 2 heterocycles. The van der Waals surface area contributed by atoms with Gasteiger partial charge in [0, 0.05) is 18.0 Å². The van der Waals surface area contributed by atoms with Gasteiger partial charge in [0.2, 0.25) is 6.10 Å². The molecule has 13 nitrogen and oxygen atoms in total. The Morgan fingerprint density at radius 3 is 2.67 bits per heavy atom. The molecule has 0 amide bonds. The van der Waals surface area contributed by atoms with Crippen LogP contribution in [0.5, 0.6) is 11.5 Å². The van der Waals surface area contributed by atoms with Crippen LogP contribution < -0.4 is 4.74 Å². The van der Waals surface area contributed by atoms with Crippen molar-refractivity contribution in [2.24, 2.45) is 0 Å². The van der Waals surface area contributed by atoms with Crippen molar-refractivity contribution in [1.82, 2.24) is 4.90 Å². The molecule has 2 aliphatic carbocycles. The first kappa shape index (κ1) is 26.9. The Balaban J connectivity index is 1.42. The van der Waals surface area contributed by atoms with E-state index in [-0.39, 0.29) is 29.7 Å². The fraction of sp³-hybridized carbons (Fsp3) is 0.538. The SMILES string of the molecule is C[C@H](O)C(=O)O[C@@H](CC(=O)OC1=CC[C@@]2(O)[C@H]3Cc4ccc(O)c5c4[C@@]2(CCN3C)[C@H]1O5)C(=O)OCC(=O)O. The molecule has 1 saturated heterocycles. The maximum Gasteiger partial charge on any atom is 0.348 e. The van der Waals surface area contributed by atoms with Gasteiger partial charge in [-0.3, -0.25) is 4.79 Å². The normalized spacial score (nSPS) is 29.7. The summed E-state index contributed by atoms with van der Waals surface area (Å²) in [6.45, 7) is 0.680. The summed E-state index contributed by atoms with van der Waals surface area (Å²) in [6.07, 6.45) is -2.63. The van der Waals surface area contributed by atoms with E-state index in [1.54, 1.807) is 12.1 Å². The van der Waals surface area contributed by atoms with Crippen LogP contribution in [0.4, 0.5) is 0 Å². The number of carbonyl (C=O) groups excluding carboxylic acids is 3. The van der Waals surface area contributed by atoms with Gasteiger partial charge < -0.3 is 44.3 Å². The molecule has 5 rings (SSSR count). The average molecular weight is 548 g/mol. The predicted octanol–water partition coefficient (Wildman–Crippen LogP) is -0.476. The number of aromatic hydroxyl groups is 1. The molecular formula is C26H29NO12. The molecule has 4 aliphatic rings. The van der Waals surface area contributed by atoms with Crippen LogP contribution in [-0.2, 0) is 45.2 Å². The Kier molecular flexibility index (Phi) is 6.56. The first-order valence-electron chi connectivity index (χ1n) is 12.5. The molecule has 2 bridgehead atoms. The number of carboxylic acid groups (broad SMARTS) is 1. The minimum absolute atomic E-state index is 0.0657. The highest BCUT2D eigenvalue weighted by atomic mass is 16.6. The average Bonchev–Trinajstić information content (AvgIpc) is 3.23. The number of likely N-dealkylation sites (tertiary alicyclic amines) is 1. The third-order valence-corrected chi connectivity index (χ3v) is 8.14. The summed E-state index contributed by atoms with van der Waals surface area (Å²) >= 11 is 0. The van der Waals surface area contributed by atoms with Crippen LogP contribution in [0.2, 0.25) is 0 Å². The van der Waals surface area contributed by atoms with Gasteiger partial charge in [0.25, 0.3) is 0 Å². The van der Waals surface area contributed by atoms with Crippen LogP contribution in [-0.4, -0.2) is 99.4 Å². The van der Waals surface area contributed by atoms with Gasteiger partial charge in [0.05, 0.1) is 17.4 Å². The van der Waals surface area contributed by atoms with E-state index in [4.69, 9.17) is 19.3 Å². The standard InChI is InChI=1S/C26H29NO12/c1-12(28)23(33)38-16(24(34)36-11-18(30)31)10-19(32)37-15-5-6-26(35)17-9-13-3-4-14(29)21-20(13)25(26,22(15)39-21)7-8-27(17)2/h3-5,12,16-17,22,28-29,35H,6-11H2,1-2H3,(H,30,31)/t12-,16-,17+,22-,25-,26+/m0/s1. The van der Waals surface area contributed by atoms with Crippen LogP contribution in [0.25, 0.3) is 0 Å². The predicted molar refractivity (Wildman–Crippen MR) is 127 cm³/mol. The smallest absolute Gasteiger partial charge is 0.348 e. The highest BCUT2D eigenvalue weighted by molar-refractivity contribution is 5.86. The molecule has 13 heteroatoms. The van der Waals surface area contributed by atoms with Crippen LogP contribution in [0.1, 0.15) is 37.3 Å². The van der Waals surface area contributed by atoms with Crippen molar-refractivity contribution in [3.8, 4) is 11.5 Å². The number of phenols is 1. The third kappa shape index (κ3) is 4.12. The van der Waals surface area contributed by atoms with Crippen molar-refractivity contribution in [3.05, 3.63) is 35.1 Å². The topological polar surface area (TPSA) is 189 Å². The second-order valence-corrected chi connectivity index (χ2v) is 10.4. The Morgan fingerprint density at radius 1 is 1.23 bits per heavy atom. The number of esters is 3. The molecule has 0 aromatic heterocycles. The van der Waals surface area contributed by atoms with Crippen LogP contribution in [0.15, 0.2) is 24.0 Å². The number of aliphatic hydroxyl groups is 2. The number of nitrogens with zero attached hydrogens (tertiary/aromatic N) is 1. The maximum absolute atomic E-state index is 13.0. The summed E-state index contributed by atoms with van der Waals surface area (Å²) in [4.78, 5) is 50.1. The van der Waals surface area contributed by atoms with Crippen molar-refractivity contribution in [3.63, 3.8) is 0 Å². The second-order valence-electron chi connectivity index (χ2n) is 10.4. The number of hydrogen-bond donors (Lipinski definition) is 4. The fourth-order valence-corrected chi connectivity index (χ4v) is 6.40. The minimum atomic E-state index is -1.88. The zero-order valence-corrected chi connectivity index (χ0v) is 21.3. The number of carbonyl (C=O) groups is 4. The Hall–Kier alpha value is -3.68. The van der Waals surface area contributed by atoms with E-state index in [1.165, 1.54) is 6.07 Å². The summed E-state index contributed by atoms with van der Waals surface area (Å²) in [5.41, 5.74) is -0.662. The zero-order valence-electron chi connectivity index (χ0n) is 21.3. The third-order valence-electron chi connectivity index (χ3n) is 8.14. The molecule has 39 heavy (non-hydrogen) atoms. The summed E-state index contributed by atoms with van der Waals surface area (Å²) in [7, 11) is 1.93. The van der Waals surface area contributed by atoms with Crippen molar-refractivity contribution in [1.29, 1.82) is 0 Å². The number of phenolic OH excluding ortho intramolecular Hbond substituents is 1. The number of aliphatic carboxylic acids is 1. The molecular weight excluding hydrogens is 518 g/mol. The fourth-order valence-electron chi connectivity index (χ4n) is 6.40. The van der Waals surface area contributed by atoms with Gasteiger partial charge in [-0.1, -0.05) is 6.07 Å². The summed E-state index contributed by atoms with van der Waals surface area (Å²) in [5, 5.41) is 40.9. The van der Waals surface area contributed by atoms with E-state index in [2.05, 4.69) is 9.64 Å². The molecule has 1 aromatic carbocycles. The highest BCUT2D eigenvalue weighted by Crippen LogP contribution is 2.65. The van der Waals surface area contributed by atoms with Crippen LogP contribution in [0, 0.1) is 0 Å². The van der Waals surface area contributed by atoms with Crippen LogP contribution >= 0.6 is 0 Å². The molecule has 1 spiro atoms. The van der Waals surface area contributed by atoms with Gasteiger partial charge in [-0.25, -0.2) is 14.4 Å². The Morgan fingerprint density at radius 2 is 1.97 bits per heavy atom. The second kappa shape index (κ2) is 9.50. The number of benzene rings is 1. The first-order chi connectivity index (χ1) is 18.4. The van der Waals surface area contributed by atoms with E-state index in [0.29, 0.717) is 24.9 Å². The molecule has 1 fully saturated rings.